The van der Waals surface area contributed by atoms with Crippen LogP contribution in [0.15, 0.2) is 0 Å². The third-order valence-corrected chi connectivity index (χ3v) is 0. The van der Waals surface area contributed by atoms with Gasteiger partial charge in [0.2, 0.25) is 0 Å². The van der Waals surface area contributed by atoms with Gasteiger partial charge < -0.3 is 0 Å². The Hall–Kier alpha value is 1.62. The quantitative estimate of drug-likeness (QED) is 0.348. The van der Waals surface area contributed by atoms with Crippen LogP contribution in [0.25, 0.3) is 0 Å². The Morgan fingerprint density at radius 1 is 1.22 bits per heavy atom. The molecule has 0 aromatic carbocycles. The molecule has 0 fully saturated rings. The molecule has 0 N–H and O–H groups in total. The van der Waals surface area contributed by atoms with E-state index >= 15 is 0 Å². The van der Waals surface area contributed by atoms with E-state index in [0.29, 0.717) is 0 Å². The molecule has 0 spiro atoms. The number of rotatable bonds is 0. The third-order valence-electron chi connectivity index (χ3n) is 0. The predicted octanol–water partition coefficient (Wildman–Crippen LogP) is -4.31. The van der Waals surface area contributed by atoms with Gasteiger partial charge in [0.25, 0.3) is 0 Å². The van der Waals surface area contributed by atoms with E-state index in [4.69, 9.17) is 20.8 Å². The van der Waals surface area contributed by atoms with Crippen LogP contribution in [0.5, 0.6) is 0 Å². The van der Waals surface area contributed by atoms with Gasteiger partial charge in [-0.25, -0.2) is 0 Å². The van der Waals surface area contributed by atoms with Gasteiger partial charge in [-0.15, -0.1) is 0 Å². The molecule has 0 aliphatic rings. The Kier molecular flexibility index (Phi) is 23.1. The topological polar surface area (TPSA) is 120 Å². The van der Waals surface area contributed by atoms with Crippen molar-refractivity contribution in [3.05, 3.63) is 0 Å². The van der Waals surface area contributed by atoms with Crippen molar-refractivity contribution in [1.82, 2.24) is 0 Å². The second-order valence-electron chi connectivity index (χ2n) is 0.474. The fraction of sp³-hybridized carbons (Fsp3) is 0. The Bertz CT molecular complexity index is 115. The molecule has 9 heteroatoms. The monoisotopic (exact) mass is 446 g/mol. The summed E-state index contributed by atoms with van der Waals surface area (Å²) < 4.78 is 51.6. The zero-order valence-corrected chi connectivity index (χ0v) is 11.1. The van der Waals surface area contributed by atoms with Gasteiger partial charge in [0.05, 0.1) is 0 Å². The molecule has 0 atom stereocenters. The Morgan fingerprint density at radius 2 is 1.22 bits per heavy atom. The van der Waals surface area contributed by atoms with Crippen LogP contribution in [-0.2, 0) is 47.2 Å². The first-order valence-electron chi connectivity index (χ1n) is 1.16. The zero-order chi connectivity index (χ0) is 7.15. The van der Waals surface area contributed by atoms with Gasteiger partial charge in [-0.2, -0.15) is 0 Å². The van der Waals surface area contributed by atoms with Crippen molar-refractivity contribution in [1.29, 1.82) is 0 Å². The van der Waals surface area contributed by atoms with E-state index in [-0.39, 0.29) is 26.2 Å². The van der Waals surface area contributed by atoms with Crippen LogP contribution in [0.1, 0.15) is 0 Å². The predicted molar refractivity (Wildman–Crippen MR) is 7.81 cm³/mol. The molecule has 0 aromatic rings. The summed E-state index contributed by atoms with van der Waals surface area (Å²) in [5, 5.41) is 0. The summed E-state index contributed by atoms with van der Waals surface area (Å²) in [7, 11) is 0. The van der Waals surface area contributed by atoms with Gasteiger partial charge >= 0.3 is 84.4 Å². The third kappa shape index (κ3) is 213. The molecule has 0 aliphatic carbocycles. The van der Waals surface area contributed by atoms with Gasteiger partial charge in [0.15, 0.2) is 0 Å². The number of hydrogen-bond donors (Lipinski definition) is 0. The SMILES string of the molecule is [Bi+3].[O]=[Nb](=[O])[O-].[O]=[Ti]([O-])[O-]. The van der Waals surface area contributed by atoms with Crippen LogP contribution in [0.2, 0.25) is 0 Å². The average Bonchev–Trinajstić information content (AvgIpc) is 1.25. The molecular formula is BiNbO6Ti. The van der Waals surface area contributed by atoms with E-state index in [2.05, 4.69) is 0 Å². The molecule has 0 heterocycles. The first-order chi connectivity index (χ1) is 3.46. The minimum absolute atomic E-state index is 0. The second-order valence-corrected chi connectivity index (χ2v) is 2.35. The van der Waals surface area contributed by atoms with E-state index < -0.39 is 37.4 Å². The van der Waals surface area contributed by atoms with Crippen molar-refractivity contribution in [2.45, 2.75) is 0 Å². The molecule has 9 heavy (non-hydrogen) atoms. The molecule has 0 aliphatic heterocycles. The normalized spacial score (nSPS) is 5.67. The minimum atomic E-state index is -4.20. The molecule has 0 amide bonds. The summed E-state index contributed by atoms with van der Waals surface area (Å²) >= 11 is -8.28. The van der Waals surface area contributed by atoms with Crippen molar-refractivity contribution in [3.8, 4) is 0 Å². The maximum atomic E-state index is 8.60. The average molecular weight is 446 g/mol. The van der Waals surface area contributed by atoms with E-state index in [1.165, 1.54) is 0 Å². The fourth-order valence-corrected chi connectivity index (χ4v) is 0. The van der Waals surface area contributed by atoms with E-state index in [0.717, 1.165) is 0 Å². The standard InChI is InChI=1S/Bi.Nb.6O.Ti/q+3;;;;;3*-1;. The van der Waals surface area contributed by atoms with Crippen LogP contribution >= 0.6 is 0 Å². The van der Waals surface area contributed by atoms with E-state index in [1.807, 2.05) is 0 Å². The van der Waals surface area contributed by atoms with E-state index in [9.17, 15) is 0 Å². The van der Waals surface area contributed by atoms with Crippen molar-refractivity contribution in [2.75, 3.05) is 0 Å². The Balaban J connectivity index is -0.0000000720. The molecule has 0 saturated heterocycles. The second kappa shape index (κ2) is 12.3. The van der Waals surface area contributed by atoms with Crippen molar-refractivity contribution in [3.63, 3.8) is 0 Å². The molecular weight excluding hydrogens is 446 g/mol. The molecule has 6 nitrogen and oxygen atoms in total. The molecule has 0 saturated carbocycles. The van der Waals surface area contributed by atoms with Crippen LogP contribution in [0, 0.1) is 0 Å². The fourth-order valence-electron chi connectivity index (χ4n) is 0. The summed E-state index contributed by atoms with van der Waals surface area (Å²) in [6.45, 7) is 0. The molecule has 50 valence electrons. The summed E-state index contributed by atoms with van der Waals surface area (Å²) in [6.07, 6.45) is 0. The zero-order valence-electron chi connectivity index (χ0n) is 3.84. The van der Waals surface area contributed by atoms with E-state index in [1.54, 1.807) is 0 Å². The molecule has 2 radical (unpaired) electrons. The maximum absolute atomic E-state index is 8.60. The molecule has 0 rings (SSSR count). The number of hydrogen-bond acceptors (Lipinski definition) is 6. The van der Waals surface area contributed by atoms with Gasteiger partial charge in [0, 0.05) is 0 Å². The molecule has 0 bridgehead atoms. The summed E-state index contributed by atoms with van der Waals surface area (Å²) in [5.74, 6) is 0. The van der Waals surface area contributed by atoms with Crippen LogP contribution in [-0.4, -0.2) is 26.2 Å². The van der Waals surface area contributed by atoms with Crippen LogP contribution < -0.4 is 11.0 Å². The first kappa shape index (κ1) is 16.9. The summed E-state index contributed by atoms with van der Waals surface area (Å²) in [6, 6.07) is 0. The van der Waals surface area contributed by atoms with Crippen molar-refractivity contribution in [2.24, 2.45) is 0 Å². The summed E-state index contributed by atoms with van der Waals surface area (Å²) in [5.41, 5.74) is 0. The van der Waals surface area contributed by atoms with Gasteiger partial charge in [-0.05, 0) is 0 Å². The van der Waals surface area contributed by atoms with Crippen molar-refractivity contribution < 1.29 is 58.2 Å². The Labute approximate surface area is 83.4 Å². The van der Waals surface area contributed by atoms with Crippen LogP contribution in [0.4, 0.5) is 0 Å². The van der Waals surface area contributed by atoms with Crippen LogP contribution in [0.3, 0.4) is 0 Å². The summed E-state index contributed by atoms with van der Waals surface area (Å²) in [4.78, 5) is 0. The molecule has 0 aromatic heterocycles. The molecule has 0 unspecified atom stereocenters. The van der Waals surface area contributed by atoms with Crippen molar-refractivity contribution >= 4 is 26.2 Å². The first-order valence-corrected chi connectivity index (χ1v) is 5.77. The van der Waals surface area contributed by atoms with Gasteiger partial charge in [-0.1, -0.05) is 0 Å². The van der Waals surface area contributed by atoms with Gasteiger partial charge in [0.1, 0.15) is 0 Å². The van der Waals surface area contributed by atoms with Gasteiger partial charge in [-0.3, -0.25) is 0 Å². The Morgan fingerprint density at radius 3 is 1.22 bits per heavy atom.